The summed E-state index contributed by atoms with van der Waals surface area (Å²) in [6.45, 7) is 4.19. The first kappa shape index (κ1) is 20.0. The average Bonchev–Trinajstić information content (AvgIpc) is 3.44. The lowest BCUT2D eigenvalue weighted by molar-refractivity contribution is -0.389. The van der Waals surface area contributed by atoms with Crippen LogP contribution in [0.25, 0.3) is 0 Å². The van der Waals surface area contributed by atoms with Gasteiger partial charge in [0.05, 0.1) is 23.4 Å². The van der Waals surface area contributed by atoms with E-state index >= 15 is 0 Å². The van der Waals surface area contributed by atoms with Crippen LogP contribution in [0.15, 0.2) is 42.6 Å². The van der Waals surface area contributed by atoms with E-state index in [0.29, 0.717) is 33.2 Å². The normalized spacial score (nSPS) is 12.1. The number of hydrogen-bond donors (Lipinski definition) is 1. The Balaban J connectivity index is 1.46. The summed E-state index contributed by atoms with van der Waals surface area (Å²) in [5.74, 6) is 0.439. The molecule has 3 heterocycles. The lowest BCUT2D eigenvalue weighted by atomic mass is 10.2. The number of hydrogen-bond acceptors (Lipinski definition) is 8. The van der Waals surface area contributed by atoms with Gasteiger partial charge in [-0.3, -0.25) is 4.68 Å². The van der Waals surface area contributed by atoms with Crippen LogP contribution in [0.4, 0.5) is 16.8 Å². The topological polar surface area (TPSA) is 117 Å². The second-order valence-corrected chi connectivity index (χ2v) is 8.00. The van der Waals surface area contributed by atoms with Crippen molar-refractivity contribution in [2.75, 3.05) is 5.32 Å². The van der Waals surface area contributed by atoms with Crippen LogP contribution in [0.1, 0.15) is 29.2 Å². The van der Waals surface area contributed by atoms with Crippen LogP contribution >= 0.6 is 22.9 Å². The van der Waals surface area contributed by atoms with E-state index in [1.54, 1.807) is 16.3 Å². The first-order valence-electron chi connectivity index (χ1n) is 8.98. The van der Waals surface area contributed by atoms with Gasteiger partial charge in [-0.15, -0.1) is 10.2 Å². The molecule has 1 atom stereocenters. The molecule has 12 heteroatoms. The Bertz CT molecular complexity index is 1200. The summed E-state index contributed by atoms with van der Waals surface area (Å²) in [4.78, 5) is 10.4. The highest BCUT2D eigenvalue weighted by Gasteiger charge is 2.23. The molecule has 4 rings (SSSR count). The Morgan fingerprint density at radius 2 is 2.07 bits per heavy atom. The SMILES string of the molecule is Cc1cc([N+](=O)[O-])nn1[C@@H](C)c1nnc(Nc2ccn(Cc3ccccc3Cl)n2)s1. The summed E-state index contributed by atoms with van der Waals surface area (Å²) in [5.41, 5.74) is 1.65. The van der Waals surface area contributed by atoms with Crippen LogP contribution in [-0.2, 0) is 6.54 Å². The summed E-state index contributed by atoms with van der Waals surface area (Å²) < 4.78 is 3.35. The molecule has 0 saturated heterocycles. The summed E-state index contributed by atoms with van der Waals surface area (Å²) in [5, 5.41) is 32.9. The summed E-state index contributed by atoms with van der Waals surface area (Å²) in [6, 6.07) is 10.6. The summed E-state index contributed by atoms with van der Waals surface area (Å²) in [7, 11) is 0. The smallest absolute Gasteiger partial charge is 0.358 e. The number of aryl methyl sites for hydroxylation is 1. The fraction of sp³-hybridized carbons (Fsp3) is 0.222. The van der Waals surface area contributed by atoms with E-state index in [4.69, 9.17) is 11.6 Å². The Morgan fingerprint density at radius 3 is 2.80 bits per heavy atom. The molecular weight excluding hydrogens is 428 g/mol. The zero-order valence-electron chi connectivity index (χ0n) is 16.1. The van der Waals surface area contributed by atoms with Crippen molar-refractivity contribution in [2.45, 2.75) is 26.4 Å². The molecule has 0 aliphatic heterocycles. The van der Waals surface area contributed by atoms with E-state index in [1.807, 2.05) is 43.5 Å². The van der Waals surface area contributed by atoms with Crippen LogP contribution in [0.2, 0.25) is 5.02 Å². The minimum Gasteiger partial charge on any atom is -0.358 e. The molecule has 4 aromatic rings. The molecule has 3 aromatic heterocycles. The van der Waals surface area contributed by atoms with Crippen molar-refractivity contribution in [3.05, 3.63) is 74.0 Å². The quantitative estimate of drug-likeness (QED) is 0.335. The third-order valence-electron chi connectivity index (χ3n) is 4.43. The number of nitrogens with one attached hydrogen (secondary N) is 1. The van der Waals surface area contributed by atoms with Crippen molar-refractivity contribution in [3.8, 4) is 0 Å². The second kappa shape index (κ2) is 8.20. The molecule has 1 N–H and O–H groups in total. The minimum absolute atomic E-state index is 0.189. The monoisotopic (exact) mass is 444 g/mol. The minimum atomic E-state index is -0.512. The van der Waals surface area contributed by atoms with E-state index in [2.05, 4.69) is 25.7 Å². The maximum Gasteiger partial charge on any atom is 0.390 e. The van der Waals surface area contributed by atoms with Crippen molar-refractivity contribution >= 4 is 39.7 Å². The lowest BCUT2D eigenvalue weighted by Crippen LogP contribution is -2.10. The van der Waals surface area contributed by atoms with Crippen LogP contribution < -0.4 is 5.32 Å². The molecule has 0 aliphatic carbocycles. The van der Waals surface area contributed by atoms with Gasteiger partial charge >= 0.3 is 5.82 Å². The Morgan fingerprint density at radius 1 is 1.27 bits per heavy atom. The number of anilines is 2. The number of nitrogens with zero attached hydrogens (tertiary/aromatic N) is 7. The third kappa shape index (κ3) is 4.16. The predicted molar refractivity (Wildman–Crippen MR) is 113 cm³/mol. The molecule has 30 heavy (non-hydrogen) atoms. The third-order valence-corrected chi connectivity index (χ3v) is 5.81. The Kier molecular flexibility index (Phi) is 5.46. The fourth-order valence-corrected chi connectivity index (χ4v) is 3.92. The number of rotatable bonds is 7. The van der Waals surface area contributed by atoms with Gasteiger partial charge < -0.3 is 15.4 Å². The maximum absolute atomic E-state index is 10.9. The molecule has 0 aliphatic rings. The van der Waals surface area contributed by atoms with Crippen LogP contribution in [0.5, 0.6) is 0 Å². The number of aromatic nitrogens is 6. The van der Waals surface area contributed by atoms with Crippen LogP contribution in [0, 0.1) is 17.0 Å². The second-order valence-electron chi connectivity index (χ2n) is 6.58. The highest BCUT2D eigenvalue weighted by molar-refractivity contribution is 7.15. The fourth-order valence-electron chi connectivity index (χ4n) is 2.94. The average molecular weight is 445 g/mol. The largest absolute Gasteiger partial charge is 0.390 e. The van der Waals surface area contributed by atoms with Gasteiger partial charge in [0.1, 0.15) is 11.0 Å². The van der Waals surface area contributed by atoms with Crippen molar-refractivity contribution < 1.29 is 4.92 Å². The standard InChI is InChI=1S/C18H17ClN8O2S/c1-11-9-16(27(28)29)24-26(11)12(2)17-21-22-18(30-17)20-15-7-8-25(23-15)10-13-5-3-4-6-14(13)19/h3-9,12H,10H2,1-2H3,(H,20,22,23)/t12-/m0/s1. The first-order chi connectivity index (χ1) is 14.4. The number of nitro groups is 1. The number of halogens is 1. The predicted octanol–water partition coefficient (Wildman–Crippen LogP) is 4.20. The van der Waals surface area contributed by atoms with Gasteiger partial charge in [0.25, 0.3) is 0 Å². The molecule has 0 spiro atoms. The Labute approximate surface area is 180 Å². The molecule has 0 saturated carbocycles. The van der Waals surface area contributed by atoms with Crippen LogP contribution in [0.3, 0.4) is 0 Å². The van der Waals surface area contributed by atoms with Crippen molar-refractivity contribution in [1.82, 2.24) is 29.8 Å². The molecule has 0 fully saturated rings. The highest BCUT2D eigenvalue weighted by Crippen LogP contribution is 2.28. The van der Waals surface area contributed by atoms with Crippen molar-refractivity contribution in [3.63, 3.8) is 0 Å². The zero-order valence-corrected chi connectivity index (χ0v) is 17.6. The van der Waals surface area contributed by atoms with E-state index in [9.17, 15) is 10.1 Å². The van der Waals surface area contributed by atoms with Crippen molar-refractivity contribution in [2.24, 2.45) is 0 Å². The molecule has 1 aromatic carbocycles. The van der Waals surface area contributed by atoms with Crippen LogP contribution in [-0.4, -0.2) is 34.7 Å². The van der Waals surface area contributed by atoms with Crippen molar-refractivity contribution in [1.29, 1.82) is 0 Å². The first-order valence-corrected chi connectivity index (χ1v) is 10.2. The van der Waals surface area contributed by atoms with E-state index in [-0.39, 0.29) is 11.9 Å². The summed E-state index contributed by atoms with van der Waals surface area (Å²) in [6.07, 6.45) is 1.85. The molecule has 0 radical (unpaired) electrons. The van der Waals surface area contributed by atoms with Gasteiger partial charge in [0.2, 0.25) is 5.13 Å². The zero-order chi connectivity index (χ0) is 21.3. The van der Waals surface area contributed by atoms with E-state index < -0.39 is 4.92 Å². The van der Waals surface area contributed by atoms with Gasteiger partial charge in [-0.1, -0.05) is 41.1 Å². The highest BCUT2D eigenvalue weighted by atomic mass is 35.5. The van der Waals surface area contributed by atoms with Gasteiger partial charge in [0, 0.05) is 17.3 Å². The Hall–Kier alpha value is -3.31. The molecular formula is C18H17ClN8O2S. The molecule has 154 valence electrons. The van der Waals surface area contributed by atoms with E-state index in [0.717, 1.165) is 5.56 Å². The van der Waals surface area contributed by atoms with Gasteiger partial charge in [-0.2, -0.15) is 9.78 Å². The lowest BCUT2D eigenvalue weighted by Gasteiger charge is -2.05. The summed E-state index contributed by atoms with van der Waals surface area (Å²) >= 11 is 7.54. The van der Waals surface area contributed by atoms with Gasteiger partial charge in [-0.25, -0.2) is 0 Å². The van der Waals surface area contributed by atoms with Gasteiger partial charge in [-0.05, 0) is 30.4 Å². The molecule has 0 bridgehead atoms. The molecule has 0 amide bonds. The van der Waals surface area contributed by atoms with Gasteiger partial charge in [0.15, 0.2) is 5.82 Å². The van der Waals surface area contributed by atoms with E-state index in [1.165, 1.54) is 17.4 Å². The molecule has 10 nitrogen and oxygen atoms in total. The maximum atomic E-state index is 10.9. The number of benzene rings is 1. The molecule has 0 unspecified atom stereocenters.